The van der Waals surface area contributed by atoms with Gasteiger partial charge in [-0.25, -0.2) is 8.42 Å². The molecule has 0 bridgehead atoms. The normalized spacial score (nSPS) is 14.9. The van der Waals surface area contributed by atoms with Crippen LogP contribution in [0.3, 0.4) is 0 Å². The van der Waals surface area contributed by atoms with E-state index in [1.807, 2.05) is 25.1 Å². The van der Waals surface area contributed by atoms with Crippen molar-refractivity contribution in [1.82, 2.24) is 10.2 Å². The number of hydrogen-bond donors (Lipinski definition) is 1. The fourth-order valence-corrected chi connectivity index (χ4v) is 5.76. The van der Waals surface area contributed by atoms with Crippen molar-refractivity contribution in [1.29, 1.82) is 0 Å². The number of carbonyl (C=O) groups excluding carboxylic acids is 2. The van der Waals surface area contributed by atoms with Gasteiger partial charge >= 0.3 is 0 Å². The molecule has 196 valence electrons. The summed E-state index contributed by atoms with van der Waals surface area (Å²) in [6.07, 6.45) is 6.24. The Hall–Kier alpha value is -2.58. The lowest BCUT2D eigenvalue weighted by molar-refractivity contribution is -0.141. The van der Waals surface area contributed by atoms with Crippen LogP contribution < -0.4 is 9.62 Å². The van der Waals surface area contributed by atoms with Gasteiger partial charge in [-0.2, -0.15) is 0 Å². The molecule has 7 nitrogen and oxygen atoms in total. The Morgan fingerprint density at radius 3 is 2.28 bits per heavy atom. The van der Waals surface area contributed by atoms with E-state index in [-0.39, 0.29) is 37.4 Å². The van der Waals surface area contributed by atoms with Gasteiger partial charge in [0.05, 0.1) is 11.9 Å². The van der Waals surface area contributed by atoms with Gasteiger partial charge in [0.1, 0.15) is 6.04 Å². The van der Waals surface area contributed by atoms with Crippen molar-refractivity contribution in [3.63, 3.8) is 0 Å². The summed E-state index contributed by atoms with van der Waals surface area (Å²) in [4.78, 5) is 28.3. The summed E-state index contributed by atoms with van der Waals surface area (Å²) in [5.74, 6) is -0.311. The van der Waals surface area contributed by atoms with Crippen LogP contribution in [0.4, 0.5) is 5.69 Å². The van der Waals surface area contributed by atoms with E-state index in [0.717, 1.165) is 37.5 Å². The molecule has 2 aromatic rings. The highest BCUT2D eigenvalue weighted by Gasteiger charge is 2.30. The van der Waals surface area contributed by atoms with Crippen molar-refractivity contribution in [3.8, 4) is 0 Å². The second-order valence-electron chi connectivity index (χ2n) is 9.34. The molecule has 0 aromatic heterocycles. The van der Waals surface area contributed by atoms with E-state index in [2.05, 4.69) is 5.32 Å². The quantitative estimate of drug-likeness (QED) is 0.426. The molecule has 1 aliphatic carbocycles. The van der Waals surface area contributed by atoms with Gasteiger partial charge < -0.3 is 10.2 Å². The third-order valence-electron chi connectivity index (χ3n) is 6.55. The largest absolute Gasteiger partial charge is 0.352 e. The highest BCUT2D eigenvalue weighted by molar-refractivity contribution is 7.92. The van der Waals surface area contributed by atoms with E-state index in [1.54, 1.807) is 41.3 Å². The van der Waals surface area contributed by atoms with Gasteiger partial charge in [0, 0.05) is 30.6 Å². The molecule has 0 radical (unpaired) electrons. The van der Waals surface area contributed by atoms with E-state index < -0.39 is 16.1 Å². The van der Waals surface area contributed by atoms with E-state index >= 15 is 0 Å². The number of para-hydroxylation sites is 1. The standard InChI is InChI=1S/C27H36ClN3O4S/c1-3-25(27(33)29-23-10-7-8-11-23)30(20-21-15-17-22(28)18-16-21)26(32)14-9-19-31(36(2,34)35)24-12-5-4-6-13-24/h4-6,12-13,15-18,23,25H,3,7-11,14,19-20H2,1-2H3,(H,29,33)/t25-/m1/s1. The van der Waals surface area contributed by atoms with Gasteiger partial charge in [-0.1, -0.05) is 61.7 Å². The maximum atomic E-state index is 13.5. The Balaban J connectivity index is 1.74. The number of nitrogens with one attached hydrogen (secondary N) is 1. The van der Waals surface area contributed by atoms with Crippen molar-refractivity contribution < 1.29 is 18.0 Å². The third kappa shape index (κ3) is 7.96. The van der Waals surface area contributed by atoms with Gasteiger partial charge in [-0.05, 0) is 55.5 Å². The van der Waals surface area contributed by atoms with Crippen LogP contribution in [0.15, 0.2) is 54.6 Å². The molecule has 0 aliphatic heterocycles. The summed E-state index contributed by atoms with van der Waals surface area (Å²) in [5, 5.41) is 3.74. The second-order valence-corrected chi connectivity index (χ2v) is 11.7. The Labute approximate surface area is 219 Å². The summed E-state index contributed by atoms with van der Waals surface area (Å²) in [5.41, 5.74) is 1.44. The fraction of sp³-hybridized carbons (Fsp3) is 0.481. The topological polar surface area (TPSA) is 86.8 Å². The van der Waals surface area contributed by atoms with Crippen LogP contribution in [0.5, 0.6) is 0 Å². The van der Waals surface area contributed by atoms with Crippen LogP contribution in [0.1, 0.15) is 57.4 Å². The number of carbonyl (C=O) groups is 2. The highest BCUT2D eigenvalue weighted by atomic mass is 35.5. The minimum absolute atomic E-state index is 0.125. The Morgan fingerprint density at radius 2 is 1.69 bits per heavy atom. The number of hydrogen-bond acceptors (Lipinski definition) is 4. The number of benzene rings is 2. The zero-order valence-electron chi connectivity index (χ0n) is 21.0. The Morgan fingerprint density at radius 1 is 1.06 bits per heavy atom. The number of rotatable bonds is 12. The van der Waals surface area contributed by atoms with E-state index in [0.29, 0.717) is 23.6 Å². The Kier molecular flexibility index (Phi) is 10.2. The molecule has 0 unspecified atom stereocenters. The van der Waals surface area contributed by atoms with Gasteiger partial charge in [-0.3, -0.25) is 13.9 Å². The second kappa shape index (κ2) is 13.1. The molecule has 36 heavy (non-hydrogen) atoms. The van der Waals surface area contributed by atoms with Crippen molar-refractivity contribution >= 4 is 39.1 Å². The lowest BCUT2D eigenvalue weighted by Gasteiger charge is -2.32. The fourth-order valence-electron chi connectivity index (χ4n) is 4.67. The monoisotopic (exact) mass is 533 g/mol. The van der Waals surface area contributed by atoms with Gasteiger partial charge in [0.15, 0.2) is 0 Å². The number of anilines is 1. The zero-order chi connectivity index (χ0) is 26.1. The first-order valence-corrected chi connectivity index (χ1v) is 14.8. The highest BCUT2D eigenvalue weighted by Crippen LogP contribution is 2.21. The van der Waals surface area contributed by atoms with Crippen molar-refractivity contribution in [2.24, 2.45) is 0 Å². The third-order valence-corrected chi connectivity index (χ3v) is 8.00. The first-order valence-electron chi connectivity index (χ1n) is 12.6. The number of halogens is 1. The average molecular weight is 534 g/mol. The molecular formula is C27H36ClN3O4S. The van der Waals surface area contributed by atoms with E-state index in [1.165, 1.54) is 4.31 Å². The molecule has 3 rings (SSSR count). The molecule has 1 saturated carbocycles. The first kappa shape index (κ1) is 28.0. The predicted molar refractivity (Wildman–Crippen MR) is 144 cm³/mol. The minimum atomic E-state index is -3.50. The van der Waals surface area contributed by atoms with Crippen LogP contribution in [-0.4, -0.2) is 50.0 Å². The summed E-state index contributed by atoms with van der Waals surface area (Å²) in [6.45, 7) is 2.36. The molecule has 2 amide bonds. The van der Waals surface area contributed by atoms with Crippen molar-refractivity contribution in [3.05, 3.63) is 65.2 Å². The molecular weight excluding hydrogens is 498 g/mol. The van der Waals surface area contributed by atoms with Crippen LogP contribution in [-0.2, 0) is 26.2 Å². The lowest BCUT2D eigenvalue weighted by atomic mass is 10.1. The molecule has 2 aromatic carbocycles. The molecule has 1 fully saturated rings. The summed E-state index contributed by atoms with van der Waals surface area (Å²) < 4.78 is 26.1. The van der Waals surface area contributed by atoms with E-state index in [9.17, 15) is 18.0 Å². The smallest absolute Gasteiger partial charge is 0.243 e. The molecule has 1 N–H and O–H groups in total. The molecule has 1 atom stereocenters. The first-order chi connectivity index (χ1) is 17.2. The number of sulfonamides is 1. The summed E-state index contributed by atoms with van der Waals surface area (Å²) in [6, 6.07) is 15.6. The zero-order valence-corrected chi connectivity index (χ0v) is 22.6. The van der Waals surface area contributed by atoms with Gasteiger partial charge in [-0.15, -0.1) is 0 Å². The summed E-state index contributed by atoms with van der Waals surface area (Å²) >= 11 is 6.03. The van der Waals surface area contributed by atoms with Crippen LogP contribution >= 0.6 is 11.6 Å². The molecule has 0 heterocycles. The van der Waals surface area contributed by atoms with E-state index in [4.69, 9.17) is 11.6 Å². The number of nitrogens with zero attached hydrogens (tertiary/aromatic N) is 2. The molecule has 0 spiro atoms. The maximum absolute atomic E-state index is 13.5. The van der Waals surface area contributed by atoms with Crippen LogP contribution in [0, 0.1) is 0 Å². The SMILES string of the molecule is CC[C@H](C(=O)NC1CCCC1)N(Cc1ccc(Cl)cc1)C(=O)CCCN(c1ccccc1)S(C)(=O)=O. The van der Waals surface area contributed by atoms with Gasteiger partial charge in [0.2, 0.25) is 21.8 Å². The van der Waals surface area contributed by atoms with Gasteiger partial charge in [0.25, 0.3) is 0 Å². The number of amides is 2. The molecule has 9 heteroatoms. The minimum Gasteiger partial charge on any atom is -0.352 e. The lowest BCUT2D eigenvalue weighted by Crippen LogP contribution is -2.51. The maximum Gasteiger partial charge on any atom is 0.243 e. The van der Waals surface area contributed by atoms with Crippen molar-refractivity contribution in [2.75, 3.05) is 17.1 Å². The summed E-state index contributed by atoms with van der Waals surface area (Å²) in [7, 11) is -3.50. The average Bonchev–Trinajstić information content (AvgIpc) is 3.35. The Bertz CT molecular complexity index is 1100. The van der Waals surface area contributed by atoms with Crippen LogP contribution in [0.2, 0.25) is 5.02 Å². The van der Waals surface area contributed by atoms with Crippen molar-refractivity contribution in [2.45, 2.75) is 70.5 Å². The van der Waals surface area contributed by atoms with Crippen LogP contribution in [0.25, 0.3) is 0 Å². The molecule has 0 saturated heterocycles. The molecule has 1 aliphatic rings. The predicted octanol–water partition coefficient (Wildman–Crippen LogP) is 4.75.